The van der Waals surface area contributed by atoms with Crippen LogP contribution in [-0.2, 0) is 7.05 Å². The summed E-state index contributed by atoms with van der Waals surface area (Å²) in [6.45, 7) is 6.21. The van der Waals surface area contributed by atoms with E-state index in [-0.39, 0.29) is 18.4 Å². The van der Waals surface area contributed by atoms with E-state index in [4.69, 9.17) is 5.11 Å². The average Bonchev–Trinajstić information content (AvgIpc) is 3.02. The fourth-order valence-corrected chi connectivity index (χ4v) is 2.14. The summed E-state index contributed by atoms with van der Waals surface area (Å²) in [7, 11) is 1.88. The summed E-state index contributed by atoms with van der Waals surface area (Å²) >= 11 is 0. The summed E-state index contributed by atoms with van der Waals surface area (Å²) in [5.41, 5.74) is 3.93. The van der Waals surface area contributed by atoms with Crippen LogP contribution in [0, 0.1) is 19.8 Å². The van der Waals surface area contributed by atoms with E-state index in [1.54, 1.807) is 10.7 Å². The number of nitrogens with one attached hydrogen (secondary N) is 2. The van der Waals surface area contributed by atoms with Crippen LogP contribution in [0.5, 0.6) is 0 Å². The van der Waals surface area contributed by atoms with Crippen molar-refractivity contribution in [3.05, 3.63) is 23.1 Å². The number of amides is 1. The summed E-state index contributed by atoms with van der Waals surface area (Å²) in [6.07, 6.45) is 0. The van der Waals surface area contributed by atoms with Crippen LogP contribution in [0.1, 0.15) is 28.8 Å². The summed E-state index contributed by atoms with van der Waals surface area (Å²) < 4.78 is 1.79. The number of hydrogen-bond donors (Lipinski definition) is 3. The van der Waals surface area contributed by atoms with E-state index in [1.807, 2.05) is 27.8 Å². The Morgan fingerprint density at radius 1 is 1.52 bits per heavy atom. The van der Waals surface area contributed by atoms with Gasteiger partial charge in [-0.15, -0.1) is 0 Å². The molecule has 7 nitrogen and oxygen atoms in total. The molecule has 1 amide bonds. The second-order valence-electron chi connectivity index (χ2n) is 5.33. The van der Waals surface area contributed by atoms with E-state index in [1.165, 1.54) is 0 Å². The highest BCUT2D eigenvalue weighted by atomic mass is 16.3. The maximum atomic E-state index is 12.0. The summed E-state index contributed by atoms with van der Waals surface area (Å²) in [4.78, 5) is 12.0. The minimum Gasteiger partial charge on any atom is -0.396 e. The molecule has 2 heterocycles. The number of H-pyrrole nitrogens is 1. The van der Waals surface area contributed by atoms with Gasteiger partial charge in [0.1, 0.15) is 5.69 Å². The van der Waals surface area contributed by atoms with Crippen molar-refractivity contribution in [3.8, 4) is 11.3 Å². The van der Waals surface area contributed by atoms with Gasteiger partial charge >= 0.3 is 0 Å². The van der Waals surface area contributed by atoms with Gasteiger partial charge in [-0.05, 0) is 25.8 Å². The summed E-state index contributed by atoms with van der Waals surface area (Å²) in [5, 5.41) is 23.0. The molecule has 3 N–H and O–H groups in total. The second-order valence-corrected chi connectivity index (χ2v) is 5.33. The molecule has 7 heteroatoms. The van der Waals surface area contributed by atoms with Crippen LogP contribution in [0.3, 0.4) is 0 Å². The molecule has 2 aromatic rings. The number of carbonyl (C=O) groups excluding carboxylic acids is 1. The topological polar surface area (TPSA) is 95.8 Å². The Morgan fingerprint density at radius 3 is 2.81 bits per heavy atom. The molecule has 0 spiro atoms. The highest BCUT2D eigenvalue weighted by molar-refractivity contribution is 5.93. The van der Waals surface area contributed by atoms with Gasteiger partial charge < -0.3 is 10.4 Å². The Balaban J connectivity index is 2.16. The fourth-order valence-electron chi connectivity index (χ4n) is 2.14. The Kier molecular flexibility index (Phi) is 4.42. The third kappa shape index (κ3) is 3.13. The standard InChI is InChI=1S/C14H21N5O2/c1-8(7-20)6-15-14(21)12-5-11(16-17-12)13-9(2)18-19(4)10(13)3/h5,8,20H,6-7H2,1-4H3,(H,15,21)(H,16,17). The van der Waals surface area contributed by atoms with Gasteiger partial charge in [0.25, 0.3) is 5.91 Å². The molecule has 114 valence electrons. The number of aromatic nitrogens is 4. The van der Waals surface area contributed by atoms with Gasteiger partial charge in [0.2, 0.25) is 0 Å². The zero-order chi connectivity index (χ0) is 15.6. The van der Waals surface area contributed by atoms with Crippen molar-refractivity contribution in [2.24, 2.45) is 13.0 Å². The quantitative estimate of drug-likeness (QED) is 0.758. The fraction of sp³-hybridized carbons (Fsp3) is 0.500. The predicted octanol–water partition coefficient (Wildman–Crippen LogP) is 0.785. The number of carbonyl (C=O) groups is 1. The molecule has 0 bridgehead atoms. The number of nitrogens with zero attached hydrogens (tertiary/aromatic N) is 3. The lowest BCUT2D eigenvalue weighted by Gasteiger charge is -2.08. The van der Waals surface area contributed by atoms with Crippen LogP contribution >= 0.6 is 0 Å². The van der Waals surface area contributed by atoms with Gasteiger partial charge in [0, 0.05) is 31.5 Å². The van der Waals surface area contributed by atoms with Crippen LogP contribution in [-0.4, -0.2) is 44.1 Å². The zero-order valence-electron chi connectivity index (χ0n) is 12.8. The first-order valence-corrected chi connectivity index (χ1v) is 6.89. The molecule has 2 rings (SSSR count). The van der Waals surface area contributed by atoms with Crippen molar-refractivity contribution in [2.75, 3.05) is 13.2 Å². The Labute approximate surface area is 123 Å². The number of hydrogen-bond acceptors (Lipinski definition) is 4. The number of aromatic amines is 1. The molecule has 1 unspecified atom stereocenters. The van der Waals surface area contributed by atoms with Crippen molar-refractivity contribution in [3.63, 3.8) is 0 Å². The third-order valence-electron chi connectivity index (χ3n) is 3.51. The molecule has 0 aliphatic rings. The van der Waals surface area contributed by atoms with Gasteiger partial charge in [-0.1, -0.05) is 6.92 Å². The lowest BCUT2D eigenvalue weighted by Crippen LogP contribution is -2.29. The molecule has 0 aliphatic heterocycles. The van der Waals surface area contributed by atoms with E-state index < -0.39 is 0 Å². The van der Waals surface area contributed by atoms with Crippen LogP contribution in [0.15, 0.2) is 6.07 Å². The molecule has 1 atom stereocenters. The smallest absolute Gasteiger partial charge is 0.269 e. The van der Waals surface area contributed by atoms with Crippen LogP contribution in [0.4, 0.5) is 0 Å². The molecule has 0 saturated heterocycles. The maximum absolute atomic E-state index is 12.0. The van der Waals surface area contributed by atoms with Gasteiger partial charge in [-0.3, -0.25) is 14.6 Å². The largest absolute Gasteiger partial charge is 0.396 e. The summed E-state index contributed by atoms with van der Waals surface area (Å²) in [6, 6.07) is 1.72. The lowest BCUT2D eigenvalue weighted by atomic mass is 10.1. The number of aryl methyl sites for hydroxylation is 2. The molecule has 0 aromatic carbocycles. The minimum absolute atomic E-state index is 0.0270. The molecular formula is C14H21N5O2. The van der Waals surface area contributed by atoms with Crippen molar-refractivity contribution >= 4 is 5.91 Å². The van der Waals surface area contributed by atoms with E-state index >= 15 is 0 Å². The lowest BCUT2D eigenvalue weighted by molar-refractivity contribution is 0.0937. The molecule has 0 aliphatic carbocycles. The normalized spacial score (nSPS) is 12.4. The van der Waals surface area contributed by atoms with E-state index in [9.17, 15) is 4.79 Å². The molecule has 0 saturated carbocycles. The molecule has 21 heavy (non-hydrogen) atoms. The second kappa shape index (κ2) is 6.09. The zero-order valence-corrected chi connectivity index (χ0v) is 12.8. The molecule has 2 aromatic heterocycles. The van der Waals surface area contributed by atoms with Crippen molar-refractivity contribution in [1.29, 1.82) is 0 Å². The van der Waals surface area contributed by atoms with E-state index in [0.717, 1.165) is 17.0 Å². The highest BCUT2D eigenvalue weighted by Gasteiger charge is 2.17. The number of rotatable bonds is 5. The Hall–Kier alpha value is -2.15. The van der Waals surface area contributed by atoms with Gasteiger partial charge in [0.15, 0.2) is 0 Å². The SMILES string of the molecule is Cc1nn(C)c(C)c1-c1cc(C(=O)NCC(C)CO)[nH]n1. The summed E-state index contributed by atoms with van der Waals surface area (Å²) in [5.74, 6) is -0.201. The molecular weight excluding hydrogens is 270 g/mol. The monoisotopic (exact) mass is 291 g/mol. The Morgan fingerprint density at radius 2 is 2.24 bits per heavy atom. The van der Waals surface area contributed by atoms with Gasteiger partial charge in [0.05, 0.1) is 11.4 Å². The minimum atomic E-state index is -0.228. The van der Waals surface area contributed by atoms with Gasteiger partial charge in [-0.2, -0.15) is 10.2 Å². The van der Waals surface area contributed by atoms with Crippen LogP contribution in [0.25, 0.3) is 11.3 Å². The molecule has 0 radical (unpaired) electrons. The third-order valence-corrected chi connectivity index (χ3v) is 3.51. The first-order valence-electron chi connectivity index (χ1n) is 6.89. The van der Waals surface area contributed by atoms with Crippen LogP contribution in [0.2, 0.25) is 0 Å². The number of aliphatic hydroxyl groups excluding tert-OH is 1. The first-order chi connectivity index (χ1) is 9.93. The first kappa shape index (κ1) is 15.2. The van der Waals surface area contributed by atoms with Crippen molar-refractivity contribution in [2.45, 2.75) is 20.8 Å². The van der Waals surface area contributed by atoms with Crippen LogP contribution < -0.4 is 5.32 Å². The van der Waals surface area contributed by atoms with Crippen molar-refractivity contribution < 1.29 is 9.90 Å². The number of aliphatic hydroxyl groups is 1. The molecule has 0 fully saturated rings. The van der Waals surface area contributed by atoms with E-state index in [2.05, 4.69) is 20.6 Å². The van der Waals surface area contributed by atoms with Gasteiger partial charge in [-0.25, -0.2) is 0 Å². The van der Waals surface area contributed by atoms with E-state index in [0.29, 0.717) is 17.9 Å². The highest BCUT2D eigenvalue weighted by Crippen LogP contribution is 2.25. The maximum Gasteiger partial charge on any atom is 0.269 e. The average molecular weight is 291 g/mol. The van der Waals surface area contributed by atoms with Crippen molar-refractivity contribution in [1.82, 2.24) is 25.3 Å². The Bertz CT molecular complexity index is 644. The predicted molar refractivity (Wildman–Crippen MR) is 78.8 cm³/mol.